The molecule has 0 aliphatic carbocycles. The predicted molar refractivity (Wildman–Crippen MR) is 96.1 cm³/mol. The molecular weight excluding hydrogens is 376 g/mol. The zero-order chi connectivity index (χ0) is 17.4. The van der Waals surface area contributed by atoms with Crippen LogP contribution in [0.1, 0.15) is 12.5 Å². The third kappa shape index (κ3) is 5.27. The van der Waals surface area contributed by atoms with Crippen molar-refractivity contribution in [2.75, 3.05) is 18.6 Å². The lowest BCUT2D eigenvalue weighted by Crippen LogP contribution is -2.10. The molecule has 0 unspecified atom stereocenters. The molecule has 126 valence electrons. The average Bonchev–Trinajstić information content (AvgIpc) is 2.57. The van der Waals surface area contributed by atoms with Gasteiger partial charge in [-0.25, -0.2) is 4.79 Å². The van der Waals surface area contributed by atoms with Crippen LogP contribution in [-0.2, 0) is 4.79 Å². The van der Waals surface area contributed by atoms with Crippen molar-refractivity contribution in [2.24, 2.45) is 5.10 Å². The van der Waals surface area contributed by atoms with Gasteiger partial charge in [0.1, 0.15) is 0 Å². The van der Waals surface area contributed by atoms with Gasteiger partial charge in [-0.05, 0) is 47.1 Å². The summed E-state index contributed by atoms with van der Waals surface area (Å²) in [6.45, 7) is 1.84. The molecule has 0 aliphatic heterocycles. The van der Waals surface area contributed by atoms with E-state index in [0.717, 1.165) is 11.3 Å². The summed E-state index contributed by atoms with van der Waals surface area (Å²) in [6, 6.07) is 13.0. The Morgan fingerprint density at radius 3 is 2.62 bits per heavy atom. The predicted octanol–water partition coefficient (Wildman–Crippen LogP) is 3.76. The van der Waals surface area contributed by atoms with E-state index in [2.05, 4.69) is 26.5 Å². The van der Waals surface area contributed by atoms with Gasteiger partial charge >= 0.3 is 5.97 Å². The maximum atomic E-state index is 10.7. The molecule has 0 radical (unpaired) electrons. The van der Waals surface area contributed by atoms with E-state index in [9.17, 15) is 4.79 Å². The van der Waals surface area contributed by atoms with Gasteiger partial charge in [0.2, 0.25) is 0 Å². The van der Waals surface area contributed by atoms with Crippen molar-refractivity contribution in [3.8, 4) is 11.5 Å². The largest absolute Gasteiger partial charge is 0.490 e. The van der Waals surface area contributed by atoms with Gasteiger partial charge in [0.05, 0.1) is 18.5 Å². The lowest BCUT2D eigenvalue weighted by atomic mass is 10.2. The van der Waals surface area contributed by atoms with E-state index in [1.165, 1.54) is 0 Å². The van der Waals surface area contributed by atoms with Gasteiger partial charge in [-0.2, -0.15) is 5.10 Å². The Balaban J connectivity index is 2.17. The van der Waals surface area contributed by atoms with Crippen LogP contribution in [0.4, 0.5) is 5.69 Å². The third-order valence-electron chi connectivity index (χ3n) is 2.89. The fourth-order valence-electron chi connectivity index (χ4n) is 1.86. The molecule has 0 aromatic heterocycles. The van der Waals surface area contributed by atoms with Gasteiger partial charge in [0.15, 0.2) is 18.1 Å². The summed E-state index contributed by atoms with van der Waals surface area (Å²) in [4.78, 5) is 10.7. The number of aliphatic carboxylic acids is 1. The molecule has 24 heavy (non-hydrogen) atoms. The molecule has 2 rings (SSSR count). The maximum absolute atomic E-state index is 10.7. The molecule has 0 saturated carbocycles. The smallest absolute Gasteiger partial charge is 0.341 e. The summed E-state index contributed by atoms with van der Waals surface area (Å²) in [6.07, 6.45) is 1.64. The van der Waals surface area contributed by atoms with E-state index in [-0.39, 0.29) is 0 Å². The quantitative estimate of drug-likeness (QED) is 0.528. The highest BCUT2D eigenvalue weighted by Gasteiger charge is 2.11. The Morgan fingerprint density at radius 1 is 1.25 bits per heavy atom. The molecular formula is C17H17BrN2O4. The van der Waals surface area contributed by atoms with Crippen LogP contribution in [0.25, 0.3) is 0 Å². The van der Waals surface area contributed by atoms with Crippen molar-refractivity contribution < 1.29 is 19.4 Å². The molecule has 0 fully saturated rings. The number of hydrazone groups is 1. The second-order valence-corrected chi connectivity index (χ2v) is 5.53. The van der Waals surface area contributed by atoms with Crippen molar-refractivity contribution in [3.05, 3.63) is 52.5 Å². The van der Waals surface area contributed by atoms with Crippen LogP contribution in [0.2, 0.25) is 0 Å². The number of rotatable bonds is 8. The van der Waals surface area contributed by atoms with Crippen molar-refractivity contribution >= 4 is 33.8 Å². The number of halogens is 1. The topological polar surface area (TPSA) is 80.1 Å². The van der Waals surface area contributed by atoms with Crippen molar-refractivity contribution in [1.29, 1.82) is 0 Å². The molecule has 0 aliphatic rings. The van der Waals surface area contributed by atoms with Crippen LogP contribution in [0.3, 0.4) is 0 Å². The number of para-hydroxylation sites is 1. The number of hydrogen-bond acceptors (Lipinski definition) is 5. The second-order valence-electron chi connectivity index (χ2n) is 4.67. The zero-order valence-corrected chi connectivity index (χ0v) is 14.6. The molecule has 7 heteroatoms. The lowest BCUT2D eigenvalue weighted by Gasteiger charge is -2.12. The van der Waals surface area contributed by atoms with E-state index >= 15 is 0 Å². The Labute approximate surface area is 148 Å². The van der Waals surface area contributed by atoms with Crippen LogP contribution in [0, 0.1) is 0 Å². The summed E-state index contributed by atoms with van der Waals surface area (Å²) >= 11 is 3.42. The van der Waals surface area contributed by atoms with Gasteiger partial charge < -0.3 is 14.6 Å². The van der Waals surface area contributed by atoms with Crippen molar-refractivity contribution in [3.63, 3.8) is 0 Å². The van der Waals surface area contributed by atoms with Crippen LogP contribution in [0.5, 0.6) is 11.5 Å². The van der Waals surface area contributed by atoms with Gasteiger partial charge in [0, 0.05) is 10.0 Å². The van der Waals surface area contributed by atoms with E-state index in [1.54, 1.807) is 18.3 Å². The fraction of sp³-hybridized carbons (Fsp3) is 0.176. The number of hydrogen-bond donors (Lipinski definition) is 2. The third-order valence-corrected chi connectivity index (χ3v) is 3.57. The van der Waals surface area contributed by atoms with E-state index in [4.69, 9.17) is 14.6 Å². The Kier molecular flexibility index (Phi) is 6.62. The molecule has 2 N–H and O–H groups in total. The van der Waals surface area contributed by atoms with Crippen molar-refractivity contribution in [2.45, 2.75) is 6.92 Å². The minimum absolute atomic E-state index is 0.360. The minimum Gasteiger partial charge on any atom is -0.490 e. The summed E-state index contributed by atoms with van der Waals surface area (Å²) in [7, 11) is 0. The lowest BCUT2D eigenvalue weighted by molar-refractivity contribution is -0.139. The number of ether oxygens (including phenoxy) is 2. The SMILES string of the molecule is CCOc1cc(/C=N\Nc2ccccc2)c(Br)cc1OCC(=O)O. The number of anilines is 1. The van der Waals surface area contributed by atoms with Crippen LogP contribution < -0.4 is 14.9 Å². The molecule has 0 heterocycles. The van der Waals surface area contributed by atoms with Gasteiger partial charge in [-0.15, -0.1) is 0 Å². The molecule has 2 aromatic carbocycles. The fourth-order valence-corrected chi connectivity index (χ4v) is 2.28. The zero-order valence-electron chi connectivity index (χ0n) is 13.0. The first-order chi connectivity index (χ1) is 11.6. The standard InChI is InChI=1S/C17H17BrN2O4/c1-2-23-15-8-12(10-19-20-13-6-4-3-5-7-13)14(18)9-16(15)24-11-17(21)22/h3-10,20H,2,11H2,1H3,(H,21,22)/b19-10-. The summed E-state index contributed by atoms with van der Waals surface area (Å²) in [5.74, 6) is -0.228. The minimum atomic E-state index is -1.05. The van der Waals surface area contributed by atoms with Gasteiger partial charge in [-0.1, -0.05) is 18.2 Å². The normalized spacial score (nSPS) is 10.6. The Morgan fingerprint density at radius 2 is 1.96 bits per heavy atom. The molecule has 0 bridgehead atoms. The van der Waals surface area contributed by atoms with Crippen LogP contribution in [0.15, 0.2) is 52.0 Å². The number of carboxylic acids is 1. The van der Waals surface area contributed by atoms with Crippen LogP contribution >= 0.6 is 15.9 Å². The average molecular weight is 393 g/mol. The highest BCUT2D eigenvalue weighted by atomic mass is 79.9. The first-order valence-corrected chi connectivity index (χ1v) is 8.04. The summed E-state index contributed by atoms with van der Waals surface area (Å²) in [5, 5.41) is 12.9. The Hall–Kier alpha value is -2.54. The number of benzene rings is 2. The van der Waals surface area contributed by atoms with Gasteiger partial charge in [0.25, 0.3) is 0 Å². The highest BCUT2D eigenvalue weighted by molar-refractivity contribution is 9.10. The molecule has 2 aromatic rings. The second kappa shape index (κ2) is 8.93. The number of nitrogens with one attached hydrogen (secondary N) is 1. The monoisotopic (exact) mass is 392 g/mol. The molecule has 0 amide bonds. The van der Waals surface area contributed by atoms with E-state index in [1.807, 2.05) is 37.3 Å². The van der Waals surface area contributed by atoms with Crippen molar-refractivity contribution in [1.82, 2.24) is 0 Å². The first-order valence-electron chi connectivity index (χ1n) is 7.25. The first kappa shape index (κ1) is 17.8. The Bertz CT molecular complexity index is 720. The highest BCUT2D eigenvalue weighted by Crippen LogP contribution is 2.33. The van der Waals surface area contributed by atoms with Gasteiger partial charge in [-0.3, -0.25) is 5.43 Å². The van der Waals surface area contributed by atoms with E-state index < -0.39 is 12.6 Å². The van der Waals surface area contributed by atoms with Crippen LogP contribution in [-0.4, -0.2) is 30.5 Å². The van der Waals surface area contributed by atoms with E-state index in [0.29, 0.717) is 22.6 Å². The molecule has 6 nitrogen and oxygen atoms in total. The maximum Gasteiger partial charge on any atom is 0.341 e. The number of carbonyl (C=O) groups is 1. The molecule has 0 spiro atoms. The number of carboxylic acid groups (broad SMARTS) is 1. The summed E-state index contributed by atoms with van der Waals surface area (Å²) in [5.41, 5.74) is 4.57. The number of nitrogens with zero attached hydrogens (tertiary/aromatic N) is 1. The summed E-state index contributed by atoms with van der Waals surface area (Å²) < 4.78 is 11.5. The molecule has 0 atom stereocenters. The molecule has 0 saturated heterocycles.